The van der Waals surface area contributed by atoms with Gasteiger partial charge in [-0.25, -0.2) is 9.78 Å². The molecule has 10 heteroatoms. The van der Waals surface area contributed by atoms with Crippen LogP contribution in [0.4, 0.5) is 5.82 Å². The number of ether oxygens (including phenoxy) is 2. The molecule has 4 rings (SSSR count). The number of hydrogen-bond acceptors (Lipinski definition) is 8. The average molecular weight is 600 g/mol. The summed E-state index contributed by atoms with van der Waals surface area (Å²) in [4.78, 5) is 32.4. The lowest BCUT2D eigenvalue weighted by atomic mass is 9.96. The monoisotopic (exact) mass is 599 g/mol. The van der Waals surface area contributed by atoms with Crippen molar-refractivity contribution < 1.29 is 24.2 Å². The van der Waals surface area contributed by atoms with Crippen LogP contribution < -0.4 is 5.32 Å². The quantitative estimate of drug-likeness (QED) is 0.120. The Morgan fingerprint density at radius 1 is 1.25 bits per heavy atom. The van der Waals surface area contributed by atoms with Crippen molar-refractivity contribution in [2.45, 2.75) is 39.8 Å². The first-order valence-electron chi connectivity index (χ1n) is 14.7. The number of aliphatic carboxylic acids is 1. The highest BCUT2D eigenvalue weighted by Gasteiger charge is 2.29. The van der Waals surface area contributed by atoms with Crippen molar-refractivity contribution >= 4 is 29.5 Å². The number of carbonyl (C=O) groups excluding carboxylic acids is 1. The van der Waals surface area contributed by atoms with E-state index in [1.165, 1.54) is 11.1 Å². The highest BCUT2D eigenvalue weighted by Crippen LogP contribution is 2.28. The van der Waals surface area contributed by atoms with Gasteiger partial charge in [-0.2, -0.15) is 0 Å². The van der Waals surface area contributed by atoms with Gasteiger partial charge in [0.05, 0.1) is 12.3 Å². The lowest BCUT2D eigenvalue weighted by molar-refractivity contribution is -0.132. The summed E-state index contributed by atoms with van der Waals surface area (Å²) in [6.45, 7) is 15.9. The smallest absolute Gasteiger partial charge is 0.342 e. The predicted molar refractivity (Wildman–Crippen MR) is 171 cm³/mol. The first-order valence-corrected chi connectivity index (χ1v) is 14.7. The van der Waals surface area contributed by atoms with Crippen molar-refractivity contribution in [2.24, 2.45) is 5.92 Å². The first-order chi connectivity index (χ1) is 21.1. The summed E-state index contributed by atoms with van der Waals surface area (Å²) in [5, 5.41) is 19.8. The number of likely N-dealkylation sites (tertiary alicyclic amines) is 1. The Kier molecular flexibility index (Phi) is 10.7. The summed E-state index contributed by atoms with van der Waals surface area (Å²) in [6.07, 6.45) is 3.97. The molecule has 1 unspecified atom stereocenters. The number of carboxylic acids is 1. The third-order valence-electron chi connectivity index (χ3n) is 7.69. The molecule has 232 valence electrons. The normalized spacial score (nSPS) is 17.7. The van der Waals surface area contributed by atoms with E-state index >= 15 is 0 Å². The molecule has 2 aliphatic rings. The van der Waals surface area contributed by atoms with Gasteiger partial charge in [0, 0.05) is 51.4 Å². The van der Waals surface area contributed by atoms with Crippen LogP contribution in [0.5, 0.6) is 0 Å². The molecule has 2 aliphatic heterocycles. The van der Waals surface area contributed by atoms with E-state index in [0.29, 0.717) is 47.4 Å². The Bertz CT molecular complexity index is 1510. The molecule has 10 nitrogen and oxygen atoms in total. The number of hydrogen-bond donors (Lipinski definition) is 3. The molecule has 3 N–H and O–H groups in total. The standard InChI is InChI=1S/C34H41N5O5/c1-6-27(29-9-8-10-30(36-29)37-33(43-7-2)28(17-35)34(41)42)32(22(3)4)44-21-23-11-12-26-20-39(14-13-25(26)15-23)19-24-16-31(40)38(5)18-24/h6,8-12,15,17,24,35H,1,3,7,13-14,16,18-21H2,2,4-5H3,(H,36,37)(H,41,42)/b32-27-,33-28-,35-17?. The number of fused-ring (bicyclic) bond motifs is 1. The van der Waals surface area contributed by atoms with E-state index in [1.54, 1.807) is 31.2 Å². The summed E-state index contributed by atoms with van der Waals surface area (Å²) >= 11 is 0. The third-order valence-corrected chi connectivity index (χ3v) is 7.69. The molecule has 1 saturated heterocycles. The second-order valence-electron chi connectivity index (χ2n) is 11.1. The Morgan fingerprint density at radius 2 is 2.05 bits per heavy atom. The summed E-state index contributed by atoms with van der Waals surface area (Å²) in [7, 11) is 1.88. The molecule has 1 aromatic heterocycles. The zero-order chi connectivity index (χ0) is 31.8. The fourth-order valence-corrected chi connectivity index (χ4v) is 5.57. The SMILES string of the molecule is C=C/C(=C(/OCc1ccc2c(c1)CCN(CC1CC(=O)N(C)C1)C2)C(=C)C)c1cccc(N/C(OCC)=C(\C=N)C(=O)O)n1. The Morgan fingerprint density at radius 3 is 2.68 bits per heavy atom. The van der Waals surface area contributed by atoms with Crippen LogP contribution in [0.2, 0.25) is 0 Å². The topological polar surface area (TPSA) is 128 Å². The minimum Gasteiger partial charge on any atom is -0.488 e. The predicted octanol–water partition coefficient (Wildman–Crippen LogP) is 5.00. The minimum absolute atomic E-state index is 0.0723. The number of carboxylic acid groups (broad SMARTS) is 1. The number of rotatable bonds is 14. The second kappa shape index (κ2) is 14.7. The summed E-state index contributed by atoms with van der Waals surface area (Å²) in [6, 6.07) is 11.7. The molecule has 0 spiro atoms. The lowest BCUT2D eigenvalue weighted by Crippen LogP contribution is -2.35. The first kappa shape index (κ1) is 32.2. The second-order valence-corrected chi connectivity index (χ2v) is 11.1. The highest BCUT2D eigenvalue weighted by molar-refractivity contribution is 6.08. The van der Waals surface area contributed by atoms with Crippen molar-refractivity contribution in [2.75, 3.05) is 38.6 Å². The Labute approximate surface area is 258 Å². The van der Waals surface area contributed by atoms with Crippen molar-refractivity contribution in [3.63, 3.8) is 0 Å². The van der Waals surface area contributed by atoms with E-state index in [-0.39, 0.29) is 24.0 Å². The number of nitrogens with zero attached hydrogens (tertiary/aromatic N) is 3. The van der Waals surface area contributed by atoms with Gasteiger partial charge in [0.2, 0.25) is 11.8 Å². The van der Waals surface area contributed by atoms with Crippen LogP contribution in [-0.2, 0) is 38.6 Å². The van der Waals surface area contributed by atoms with Crippen LogP contribution in [0.3, 0.4) is 0 Å². The summed E-state index contributed by atoms with van der Waals surface area (Å²) in [5.74, 6) is 0.161. The zero-order valence-electron chi connectivity index (χ0n) is 25.7. The van der Waals surface area contributed by atoms with Crippen LogP contribution in [0.1, 0.15) is 42.7 Å². The van der Waals surface area contributed by atoms with Crippen molar-refractivity contribution in [1.82, 2.24) is 14.8 Å². The van der Waals surface area contributed by atoms with Gasteiger partial charge < -0.3 is 30.2 Å². The van der Waals surface area contributed by atoms with Crippen LogP contribution in [-0.4, -0.2) is 71.3 Å². The van der Waals surface area contributed by atoms with Gasteiger partial charge in [-0.1, -0.05) is 43.5 Å². The lowest BCUT2D eigenvalue weighted by Gasteiger charge is -2.31. The molecule has 1 fully saturated rings. The fourth-order valence-electron chi connectivity index (χ4n) is 5.57. The average Bonchev–Trinajstić information content (AvgIpc) is 3.31. The van der Waals surface area contributed by atoms with Gasteiger partial charge >= 0.3 is 5.97 Å². The molecule has 2 aromatic rings. The maximum Gasteiger partial charge on any atom is 0.342 e. The maximum atomic E-state index is 11.9. The van der Waals surface area contributed by atoms with Gasteiger partial charge in [-0.15, -0.1) is 0 Å². The number of aromatic nitrogens is 1. The van der Waals surface area contributed by atoms with E-state index in [2.05, 4.69) is 46.6 Å². The molecule has 0 radical (unpaired) electrons. The fraction of sp³-hybridized carbons (Fsp3) is 0.353. The third kappa shape index (κ3) is 7.82. The molecule has 44 heavy (non-hydrogen) atoms. The number of amides is 1. The van der Waals surface area contributed by atoms with Gasteiger partial charge in [-0.05, 0) is 60.6 Å². The maximum absolute atomic E-state index is 11.9. The van der Waals surface area contributed by atoms with Crippen LogP contribution >= 0.6 is 0 Å². The molecule has 1 amide bonds. The summed E-state index contributed by atoms with van der Waals surface area (Å²) < 4.78 is 11.8. The Balaban J connectivity index is 1.49. The molecular weight excluding hydrogens is 558 g/mol. The minimum atomic E-state index is -1.29. The number of allylic oxidation sites excluding steroid dienone is 3. The van der Waals surface area contributed by atoms with E-state index in [9.17, 15) is 14.7 Å². The van der Waals surface area contributed by atoms with Crippen LogP contribution in [0.15, 0.2) is 78.4 Å². The molecule has 0 bridgehead atoms. The number of carbonyl (C=O) groups is 2. The van der Waals surface area contributed by atoms with Crippen molar-refractivity contribution in [3.05, 3.63) is 101 Å². The summed E-state index contributed by atoms with van der Waals surface area (Å²) in [5.41, 5.74) is 5.24. The van der Waals surface area contributed by atoms with E-state index in [4.69, 9.17) is 14.9 Å². The van der Waals surface area contributed by atoms with E-state index in [1.807, 2.05) is 18.9 Å². The van der Waals surface area contributed by atoms with Gasteiger partial charge in [0.15, 0.2) is 0 Å². The zero-order valence-corrected chi connectivity index (χ0v) is 25.7. The van der Waals surface area contributed by atoms with E-state index in [0.717, 1.165) is 44.4 Å². The van der Waals surface area contributed by atoms with E-state index < -0.39 is 5.97 Å². The molecule has 3 heterocycles. The molecule has 1 aromatic carbocycles. The van der Waals surface area contributed by atoms with Crippen LogP contribution in [0, 0.1) is 11.3 Å². The highest BCUT2D eigenvalue weighted by atomic mass is 16.5. The molecular formula is C34H41N5O5. The molecule has 1 atom stereocenters. The number of nitrogens with one attached hydrogen (secondary N) is 2. The van der Waals surface area contributed by atoms with Gasteiger partial charge in [0.1, 0.15) is 23.8 Å². The van der Waals surface area contributed by atoms with Crippen molar-refractivity contribution in [1.29, 1.82) is 5.41 Å². The molecule has 0 saturated carbocycles. The number of pyridine rings is 1. The van der Waals surface area contributed by atoms with Crippen LogP contribution in [0.25, 0.3) is 5.57 Å². The van der Waals surface area contributed by atoms with Gasteiger partial charge in [-0.3, -0.25) is 9.69 Å². The van der Waals surface area contributed by atoms with Crippen molar-refractivity contribution in [3.8, 4) is 0 Å². The number of benzene rings is 1. The number of anilines is 1. The van der Waals surface area contributed by atoms with Gasteiger partial charge in [0.25, 0.3) is 0 Å². The largest absolute Gasteiger partial charge is 0.488 e. The molecule has 0 aliphatic carbocycles. The Hall–Kier alpha value is -4.70.